The molecule has 128 valence electrons. The molecule has 1 atom stereocenters. The molecule has 0 aliphatic heterocycles. The minimum Gasteiger partial charge on any atom is -0.496 e. The first kappa shape index (κ1) is 18.0. The van der Waals surface area contributed by atoms with Gasteiger partial charge in [0.2, 0.25) is 0 Å². The Balaban J connectivity index is 2.25. The molecular weight excluding hydrogens is 326 g/mol. The average molecular weight is 347 g/mol. The molecule has 2 aromatic carbocycles. The third-order valence-corrected chi connectivity index (χ3v) is 4.31. The minimum atomic E-state index is -0.931. The van der Waals surface area contributed by atoms with E-state index in [4.69, 9.17) is 9.47 Å². The number of amides is 1. The first-order chi connectivity index (χ1) is 11.4. The Bertz CT molecular complexity index is 748. The molecule has 0 aliphatic rings. The Hall–Kier alpha value is -2.34. The van der Waals surface area contributed by atoms with Crippen molar-refractivity contribution < 1.29 is 18.5 Å². The van der Waals surface area contributed by atoms with Crippen LogP contribution in [0.15, 0.2) is 36.4 Å². The summed E-state index contributed by atoms with van der Waals surface area (Å²) in [6.07, 6.45) is 1.65. The molecule has 0 fully saturated rings. The number of carbonyl (C=O) groups excluding carboxylic acids is 1. The molecule has 1 amide bonds. The van der Waals surface area contributed by atoms with Crippen LogP contribution in [0.1, 0.15) is 21.5 Å². The molecule has 0 spiro atoms. The summed E-state index contributed by atoms with van der Waals surface area (Å²) >= 11 is 0. The van der Waals surface area contributed by atoms with E-state index in [-0.39, 0.29) is 5.91 Å². The van der Waals surface area contributed by atoms with Crippen molar-refractivity contribution in [3.8, 4) is 11.5 Å². The van der Waals surface area contributed by atoms with Crippen LogP contribution >= 0.6 is 0 Å². The van der Waals surface area contributed by atoms with Crippen molar-refractivity contribution in [2.24, 2.45) is 0 Å². The Morgan fingerprint density at radius 2 is 1.75 bits per heavy atom. The number of rotatable bonds is 6. The summed E-state index contributed by atoms with van der Waals surface area (Å²) in [5, 5.41) is 2.84. The van der Waals surface area contributed by atoms with E-state index in [0.717, 1.165) is 11.1 Å². The van der Waals surface area contributed by atoms with Gasteiger partial charge in [-0.3, -0.25) is 9.00 Å². The van der Waals surface area contributed by atoms with E-state index >= 15 is 0 Å². The molecule has 0 bridgehead atoms. The van der Waals surface area contributed by atoms with Gasteiger partial charge in [-0.25, -0.2) is 0 Å². The number of hydrogen-bond acceptors (Lipinski definition) is 4. The van der Waals surface area contributed by atoms with Gasteiger partial charge in [0, 0.05) is 39.6 Å². The molecule has 1 N–H and O–H groups in total. The predicted molar refractivity (Wildman–Crippen MR) is 96.4 cm³/mol. The first-order valence-electron chi connectivity index (χ1n) is 7.37. The van der Waals surface area contributed by atoms with E-state index in [9.17, 15) is 9.00 Å². The highest BCUT2D eigenvalue weighted by molar-refractivity contribution is 7.83. The molecule has 0 saturated heterocycles. The lowest BCUT2D eigenvalue weighted by molar-refractivity contribution is 0.102. The summed E-state index contributed by atoms with van der Waals surface area (Å²) in [4.78, 5) is 12.5. The minimum absolute atomic E-state index is 0.263. The van der Waals surface area contributed by atoms with Gasteiger partial charge >= 0.3 is 0 Å². The summed E-state index contributed by atoms with van der Waals surface area (Å²) in [6.45, 7) is 1.87. The molecule has 0 heterocycles. The standard InChI is InChI=1S/C18H21NO4S/c1-12-16(22-2)9-14(10-17(12)23-3)18(20)19-15-7-5-6-13(8-15)11-24(4)21/h5-10H,11H2,1-4H3,(H,19,20). The molecular formula is C18H21NO4S. The van der Waals surface area contributed by atoms with Crippen LogP contribution in [0.5, 0.6) is 11.5 Å². The number of benzene rings is 2. The van der Waals surface area contributed by atoms with E-state index in [2.05, 4.69) is 5.32 Å². The van der Waals surface area contributed by atoms with Crippen molar-refractivity contribution >= 4 is 22.4 Å². The Kier molecular flexibility index (Phi) is 5.98. The number of nitrogens with one attached hydrogen (secondary N) is 1. The van der Waals surface area contributed by atoms with Gasteiger partial charge in [0.1, 0.15) is 11.5 Å². The fourth-order valence-corrected chi connectivity index (χ4v) is 3.04. The Morgan fingerprint density at radius 3 is 2.29 bits per heavy atom. The van der Waals surface area contributed by atoms with Crippen molar-refractivity contribution in [1.82, 2.24) is 0 Å². The largest absolute Gasteiger partial charge is 0.496 e. The second-order valence-corrected chi connectivity index (χ2v) is 6.81. The highest BCUT2D eigenvalue weighted by Crippen LogP contribution is 2.29. The fourth-order valence-electron chi connectivity index (χ4n) is 2.39. The predicted octanol–water partition coefficient (Wildman–Crippen LogP) is 3.14. The second-order valence-electron chi connectivity index (χ2n) is 5.38. The molecule has 1 unspecified atom stereocenters. The number of methoxy groups -OCH3 is 2. The van der Waals surface area contributed by atoms with Gasteiger partial charge in [-0.05, 0) is 36.8 Å². The molecule has 6 heteroatoms. The first-order valence-corrected chi connectivity index (χ1v) is 9.10. The molecule has 24 heavy (non-hydrogen) atoms. The second kappa shape index (κ2) is 7.97. The van der Waals surface area contributed by atoms with E-state index in [1.165, 1.54) is 0 Å². The van der Waals surface area contributed by atoms with Gasteiger partial charge in [-0.15, -0.1) is 0 Å². The molecule has 0 aromatic heterocycles. The Labute approximate surface area is 144 Å². The van der Waals surface area contributed by atoms with Crippen LogP contribution in [0.25, 0.3) is 0 Å². The van der Waals surface area contributed by atoms with Crippen molar-refractivity contribution in [3.05, 3.63) is 53.1 Å². The summed E-state index contributed by atoms with van der Waals surface area (Å²) < 4.78 is 21.9. The summed E-state index contributed by atoms with van der Waals surface area (Å²) in [7, 11) is 2.18. The molecule has 2 rings (SSSR count). The maximum absolute atomic E-state index is 12.5. The average Bonchev–Trinajstić information content (AvgIpc) is 2.54. The summed E-state index contributed by atoms with van der Waals surface area (Å²) in [6, 6.07) is 10.7. The van der Waals surface area contributed by atoms with Gasteiger partial charge in [0.25, 0.3) is 5.91 Å². The maximum atomic E-state index is 12.5. The van der Waals surface area contributed by atoms with E-state index in [0.29, 0.717) is 28.5 Å². The molecule has 2 aromatic rings. The normalized spacial score (nSPS) is 11.7. The van der Waals surface area contributed by atoms with Gasteiger partial charge < -0.3 is 14.8 Å². The lowest BCUT2D eigenvalue weighted by Crippen LogP contribution is -2.13. The zero-order chi connectivity index (χ0) is 17.7. The number of hydrogen-bond donors (Lipinski definition) is 1. The summed E-state index contributed by atoms with van der Waals surface area (Å²) in [5.41, 5.74) is 2.84. The highest BCUT2D eigenvalue weighted by atomic mass is 32.2. The number of ether oxygens (including phenoxy) is 2. The molecule has 5 nitrogen and oxygen atoms in total. The molecule has 0 saturated carbocycles. The van der Waals surface area contributed by atoms with Gasteiger partial charge in [0.05, 0.1) is 14.2 Å². The third kappa shape index (κ3) is 4.35. The summed E-state index contributed by atoms with van der Waals surface area (Å²) in [5.74, 6) is 1.38. The fraction of sp³-hybridized carbons (Fsp3) is 0.278. The zero-order valence-corrected chi connectivity index (χ0v) is 15.0. The number of carbonyl (C=O) groups is 1. The van der Waals surface area contributed by atoms with Gasteiger partial charge in [-0.1, -0.05) is 12.1 Å². The maximum Gasteiger partial charge on any atom is 0.255 e. The van der Waals surface area contributed by atoms with Crippen LogP contribution in [0.3, 0.4) is 0 Å². The highest BCUT2D eigenvalue weighted by Gasteiger charge is 2.14. The van der Waals surface area contributed by atoms with Crippen molar-refractivity contribution in [1.29, 1.82) is 0 Å². The monoisotopic (exact) mass is 347 g/mol. The quantitative estimate of drug-likeness (QED) is 0.872. The molecule has 0 radical (unpaired) electrons. The van der Waals surface area contributed by atoms with Crippen LogP contribution in [0.2, 0.25) is 0 Å². The van der Waals surface area contributed by atoms with E-state index < -0.39 is 10.8 Å². The van der Waals surface area contributed by atoms with Crippen LogP contribution in [0, 0.1) is 6.92 Å². The third-order valence-electron chi connectivity index (χ3n) is 3.57. The van der Waals surface area contributed by atoms with E-state index in [1.54, 1.807) is 38.7 Å². The van der Waals surface area contributed by atoms with E-state index in [1.807, 2.05) is 25.1 Å². The number of anilines is 1. The van der Waals surface area contributed by atoms with Crippen LogP contribution in [0.4, 0.5) is 5.69 Å². The van der Waals surface area contributed by atoms with Crippen LogP contribution in [-0.2, 0) is 16.6 Å². The van der Waals surface area contributed by atoms with Gasteiger partial charge in [0.15, 0.2) is 0 Å². The van der Waals surface area contributed by atoms with Crippen molar-refractivity contribution in [2.45, 2.75) is 12.7 Å². The zero-order valence-electron chi connectivity index (χ0n) is 14.2. The van der Waals surface area contributed by atoms with Crippen molar-refractivity contribution in [3.63, 3.8) is 0 Å². The lowest BCUT2D eigenvalue weighted by Gasteiger charge is -2.13. The van der Waals surface area contributed by atoms with Crippen LogP contribution in [-0.4, -0.2) is 30.6 Å². The van der Waals surface area contributed by atoms with Gasteiger partial charge in [-0.2, -0.15) is 0 Å². The SMILES string of the molecule is COc1cc(C(=O)Nc2cccc(CS(C)=O)c2)cc(OC)c1C. The lowest BCUT2D eigenvalue weighted by atomic mass is 10.1. The Morgan fingerprint density at radius 1 is 1.12 bits per heavy atom. The van der Waals surface area contributed by atoms with Crippen LogP contribution < -0.4 is 14.8 Å². The smallest absolute Gasteiger partial charge is 0.255 e. The van der Waals surface area contributed by atoms with Crippen molar-refractivity contribution in [2.75, 3.05) is 25.8 Å². The topological polar surface area (TPSA) is 64.6 Å². The molecule has 0 aliphatic carbocycles.